The summed E-state index contributed by atoms with van der Waals surface area (Å²) < 4.78 is 1.36. The fourth-order valence-electron chi connectivity index (χ4n) is 1.78. The molecule has 1 heteroatoms. The van der Waals surface area contributed by atoms with E-state index in [4.69, 9.17) is 0 Å². The van der Waals surface area contributed by atoms with Gasteiger partial charge >= 0.3 is 0 Å². The normalized spacial score (nSPS) is 10.7. The van der Waals surface area contributed by atoms with Crippen molar-refractivity contribution >= 4 is 21.4 Å². The number of thiophene rings is 1. The Morgan fingerprint density at radius 2 is 2.00 bits per heavy atom. The Balaban J connectivity index is 2.31. The third-order valence-electron chi connectivity index (χ3n) is 2.50. The first-order valence-electron chi connectivity index (χ1n) is 4.88. The van der Waals surface area contributed by atoms with Crippen LogP contribution in [0.3, 0.4) is 0 Å². The first kappa shape index (κ1) is 8.69. The molecule has 0 nitrogen and oxygen atoms in total. The van der Waals surface area contributed by atoms with Gasteiger partial charge in [-0.2, -0.15) is 0 Å². The summed E-state index contributed by atoms with van der Waals surface area (Å²) in [5.41, 5.74) is 2.55. The molecule has 0 unspecified atom stereocenters. The SMILES string of the molecule is [c]1cccc(-c2cccc3ccsc23)c1. The van der Waals surface area contributed by atoms with Crippen LogP contribution in [0.25, 0.3) is 21.2 Å². The van der Waals surface area contributed by atoms with E-state index in [0.29, 0.717) is 0 Å². The van der Waals surface area contributed by atoms with Gasteiger partial charge in [-0.3, -0.25) is 0 Å². The van der Waals surface area contributed by atoms with E-state index in [-0.39, 0.29) is 0 Å². The second-order valence-electron chi connectivity index (χ2n) is 3.44. The van der Waals surface area contributed by atoms with Gasteiger partial charge in [0.15, 0.2) is 0 Å². The van der Waals surface area contributed by atoms with Crippen molar-refractivity contribution in [3.8, 4) is 11.1 Å². The highest BCUT2D eigenvalue weighted by Gasteiger charge is 2.03. The smallest absolute Gasteiger partial charge is 0.0421 e. The molecule has 0 amide bonds. The first-order chi connectivity index (χ1) is 7.45. The lowest BCUT2D eigenvalue weighted by Crippen LogP contribution is -1.76. The molecule has 3 rings (SSSR count). The molecule has 0 aliphatic carbocycles. The minimum absolute atomic E-state index is 1.24. The lowest BCUT2D eigenvalue weighted by molar-refractivity contribution is 1.66. The largest absolute Gasteiger partial charge is 0.143 e. The molecule has 1 heterocycles. The van der Waals surface area contributed by atoms with Crippen LogP contribution in [0.2, 0.25) is 0 Å². The lowest BCUT2D eigenvalue weighted by atomic mass is 10.0. The summed E-state index contributed by atoms with van der Waals surface area (Å²) in [6.07, 6.45) is 0. The van der Waals surface area contributed by atoms with E-state index in [1.54, 1.807) is 11.3 Å². The van der Waals surface area contributed by atoms with Crippen molar-refractivity contribution in [1.82, 2.24) is 0 Å². The molecule has 0 N–H and O–H groups in total. The standard InChI is InChI=1S/C14H9S/c1-2-5-11(6-3-1)13-8-4-7-12-9-10-15-14(12)13/h1-2,4-10H. The summed E-state index contributed by atoms with van der Waals surface area (Å²) in [7, 11) is 0. The molecular weight excluding hydrogens is 200 g/mol. The molecule has 0 aliphatic heterocycles. The Labute approximate surface area is 92.8 Å². The zero-order valence-corrected chi connectivity index (χ0v) is 8.92. The van der Waals surface area contributed by atoms with Crippen LogP contribution in [-0.2, 0) is 0 Å². The Morgan fingerprint density at radius 3 is 2.87 bits per heavy atom. The molecule has 0 bridgehead atoms. The van der Waals surface area contributed by atoms with E-state index in [2.05, 4.69) is 41.8 Å². The van der Waals surface area contributed by atoms with Crippen molar-refractivity contribution in [2.24, 2.45) is 0 Å². The van der Waals surface area contributed by atoms with Crippen molar-refractivity contribution in [3.05, 3.63) is 60.0 Å². The average Bonchev–Trinajstić information content (AvgIpc) is 2.78. The minimum atomic E-state index is 1.24. The monoisotopic (exact) mass is 209 g/mol. The van der Waals surface area contributed by atoms with Crippen LogP contribution < -0.4 is 0 Å². The molecule has 0 spiro atoms. The zero-order valence-electron chi connectivity index (χ0n) is 8.10. The van der Waals surface area contributed by atoms with E-state index in [1.807, 2.05) is 18.2 Å². The summed E-state index contributed by atoms with van der Waals surface area (Å²) in [4.78, 5) is 0. The number of hydrogen-bond donors (Lipinski definition) is 0. The van der Waals surface area contributed by atoms with Crippen molar-refractivity contribution < 1.29 is 0 Å². The highest BCUT2D eigenvalue weighted by molar-refractivity contribution is 7.17. The van der Waals surface area contributed by atoms with Crippen molar-refractivity contribution in [2.75, 3.05) is 0 Å². The zero-order chi connectivity index (χ0) is 10.1. The molecule has 15 heavy (non-hydrogen) atoms. The average molecular weight is 209 g/mol. The molecule has 0 saturated carbocycles. The summed E-state index contributed by atoms with van der Waals surface area (Å²) in [5, 5.41) is 3.46. The summed E-state index contributed by atoms with van der Waals surface area (Å²) in [6.45, 7) is 0. The molecule has 0 atom stereocenters. The Hall–Kier alpha value is -1.60. The first-order valence-corrected chi connectivity index (χ1v) is 5.76. The summed E-state index contributed by atoms with van der Waals surface area (Å²) in [5.74, 6) is 0. The number of rotatable bonds is 1. The van der Waals surface area contributed by atoms with Gasteiger partial charge in [-0.1, -0.05) is 36.4 Å². The molecule has 1 aromatic heterocycles. The quantitative estimate of drug-likeness (QED) is 0.558. The van der Waals surface area contributed by atoms with E-state index in [1.165, 1.54) is 21.2 Å². The molecule has 2 aromatic carbocycles. The van der Waals surface area contributed by atoms with Gasteiger partial charge in [0.25, 0.3) is 0 Å². The minimum Gasteiger partial charge on any atom is -0.143 e. The highest BCUT2D eigenvalue weighted by atomic mass is 32.1. The van der Waals surface area contributed by atoms with Crippen LogP contribution in [0.4, 0.5) is 0 Å². The molecular formula is C14H9S. The van der Waals surface area contributed by atoms with Crippen LogP contribution in [0, 0.1) is 6.07 Å². The third-order valence-corrected chi connectivity index (χ3v) is 3.46. The third kappa shape index (κ3) is 1.45. The maximum Gasteiger partial charge on any atom is 0.0421 e. The van der Waals surface area contributed by atoms with Crippen LogP contribution in [0.1, 0.15) is 0 Å². The number of hydrogen-bond acceptors (Lipinski definition) is 1. The molecule has 3 aromatic rings. The topological polar surface area (TPSA) is 0 Å². The predicted octanol–water partition coefficient (Wildman–Crippen LogP) is 4.37. The fraction of sp³-hybridized carbons (Fsp3) is 0. The number of fused-ring (bicyclic) bond motifs is 1. The van der Waals surface area contributed by atoms with Crippen molar-refractivity contribution in [1.29, 1.82) is 0 Å². The summed E-state index contributed by atoms with van der Waals surface area (Å²) in [6, 6.07) is 19.8. The van der Waals surface area contributed by atoms with Gasteiger partial charge < -0.3 is 0 Å². The Kier molecular flexibility index (Phi) is 2.04. The van der Waals surface area contributed by atoms with Crippen LogP contribution in [0.5, 0.6) is 0 Å². The Morgan fingerprint density at radius 1 is 1.00 bits per heavy atom. The maximum absolute atomic E-state index is 3.12. The lowest BCUT2D eigenvalue weighted by Gasteiger charge is -2.02. The van der Waals surface area contributed by atoms with Gasteiger partial charge in [-0.05, 0) is 40.1 Å². The molecule has 1 radical (unpaired) electrons. The predicted molar refractivity (Wildman–Crippen MR) is 66.1 cm³/mol. The number of benzene rings is 2. The van der Waals surface area contributed by atoms with E-state index in [9.17, 15) is 0 Å². The molecule has 0 aliphatic rings. The second kappa shape index (κ2) is 3.52. The van der Waals surface area contributed by atoms with Gasteiger partial charge in [-0.25, -0.2) is 0 Å². The second-order valence-corrected chi connectivity index (χ2v) is 4.35. The van der Waals surface area contributed by atoms with Gasteiger partial charge in [0.1, 0.15) is 0 Å². The summed E-state index contributed by atoms with van der Waals surface area (Å²) >= 11 is 1.79. The highest BCUT2D eigenvalue weighted by Crippen LogP contribution is 2.31. The van der Waals surface area contributed by atoms with Gasteiger partial charge in [-0.15, -0.1) is 11.3 Å². The van der Waals surface area contributed by atoms with E-state index in [0.717, 1.165) is 0 Å². The van der Waals surface area contributed by atoms with Gasteiger partial charge in [0.2, 0.25) is 0 Å². The molecule has 0 saturated heterocycles. The van der Waals surface area contributed by atoms with Crippen LogP contribution in [-0.4, -0.2) is 0 Å². The molecule has 71 valence electrons. The maximum atomic E-state index is 3.12. The molecule has 0 fully saturated rings. The van der Waals surface area contributed by atoms with E-state index < -0.39 is 0 Å². The van der Waals surface area contributed by atoms with Crippen molar-refractivity contribution in [3.63, 3.8) is 0 Å². The van der Waals surface area contributed by atoms with Crippen LogP contribution >= 0.6 is 11.3 Å². The van der Waals surface area contributed by atoms with Crippen molar-refractivity contribution in [2.45, 2.75) is 0 Å². The fourth-order valence-corrected chi connectivity index (χ4v) is 2.72. The van der Waals surface area contributed by atoms with E-state index >= 15 is 0 Å². The van der Waals surface area contributed by atoms with Crippen LogP contribution in [0.15, 0.2) is 53.9 Å². The van der Waals surface area contributed by atoms with Gasteiger partial charge in [0, 0.05) is 4.70 Å². The van der Waals surface area contributed by atoms with Gasteiger partial charge in [0.05, 0.1) is 0 Å². The Bertz CT molecular complexity index is 578.